The highest BCUT2D eigenvalue weighted by Crippen LogP contribution is 2.24. The van der Waals surface area contributed by atoms with Gasteiger partial charge >= 0.3 is 0 Å². The number of nitrogens with one attached hydrogen (secondary N) is 2. The normalized spacial score (nSPS) is 15.4. The first kappa shape index (κ1) is 13.4. The molecule has 1 aliphatic carbocycles. The number of rotatable bonds is 2. The zero-order valence-corrected chi connectivity index (χ0v) is 11.7. The zero-order valence-electron chi connectivity index (χ0n) is 11.7. The third-order valence-electron chi connectivity index (χ3n) is 3.39. The van der Waals surface area contributed by atoms with E-state index in [1.54, 1.807) is 4.52 Å². The van der Waals surface area contributed by atoms with Gasteiger partial charge in [-0.05, 0) is 37.1 Å². The van der Waals surface area contributed by atoms with E-state index in [1.807, 2.05) is 26.1 Å². The fourth-order valence-electron chi connectivity index (χ4n) is 2.31. The molecule has 0 amide bonds. The van der Waals surface area contributed by atoms with Crippen LogP contribution in [0.2, 0.25) is 0 Å². The molecule has 106 valence electrons. The Kier molecular flexibility index (Phi) is 3.01. The lowest BCUT2D eigenvalue weighted by atomic mass is 9.99. The van der Waals surface area contributed by atoms with Crippen LogP contribution in [0.5, 0.6) is 0 Å². The molecule has 0 unspecified atom stereocenters. The van der Waals surface area contributed by atoms with Crippen LogP contribution >= 0.6 is 0 Å². The van der Waals surface area contributed by atoms with Gasteiger partial charge in [0.25, 0.3) is 0 Å². The maximum absolute atomic E-state index is 13.7. The molecule has 21 heavy (non-hydrogen) atoms. The summed E-state index contributed by atoms with van der Waals surface area (Å²) in [6.07, 6.45) is 5.30. The molecule has 2 N–H and O–H groups in total. The second-order valence-corrected chi connectivity index (χ2v) is 4.94. The van der Waals surface area contributed by atoms with Crippen molar-refractivity contribution in [2.24, 2.45) is 0 Å². The number of aryl methyl sites for hydroxylation is 2. The summed E-state index contributed by atoms with van der Waals surface area (Å²) in [5, 5.41) is 19.5. The van der Waals surface area contributed by atoms with Crippen molar-refractivity contribution < 1.29 is 4.39 Å². The number of aromatic nitrogens is 3. The van der Waals surface area contributed by atoms with E-state index in [2.05, 4.69) is 10.1 Å². The Balaban J connectivity index is 2.19. The Morgan fingerprint density at radius 2 is 2.05 bits per heavy atom. The predicted octanol–water partition coefficient (Wildman–Crippen LogP) is 2.89. The largest absolute Gasteiger partial charge is 0.299 e. The molecule has 0 aromatic carbocycles. The highest BCUT2D eigenvalue weighted by Gasteiger charge is 2.18. The topological polar surface area (TPSA) is 77.9 Å². The number of halogens is 1. The molecular formula is C15H14FN5. The van der Waals surface area contributed by atoms with Crippen molar-refractivity contribution in [3.63, 3.8) is 0 Å². The van der Waals surface area contributed by atoms with E-state index in [-0.39, 0.29) is 5.71 Å². The van der Waals surface area contributed by atoms with E-state index in [9.17, 15) is 4.39 Å². The minimum Gasteiger partial charge on any atom is -0.299 e. The number of fused-ring (bicyclic) bond motifs is 1. The second-order valence-electron chi connectivity index (χ2n) is 4.94. The van der Waals surface area contributed by atoms with Gasteiger partial charge in [-0.1, -0.05) is 6.92 Å². The van der Waals surface area contributed by atoms with Crippen molar-refractivity contribution in [1.82, 2.24) is 14.6 Å². The molecule has 2 heterocycles. The molecule has 0 fully saturated rings. The Labute approximate surface area is 120 Å². The number of hydrogen-bond acceptors (Lipinski definition) is 4. The maximum Gasteiger partial charge on any atom is 0.156 e. The zero-order chi connectivity index (χ0) is 15.1. The summed E-state index contributed by atoms with van der Waals surface area (Å²) >= 11 is 0. The summed E-state index contributed by atoms with van der Waals surface area (Å²) in [6, 6.07) is 1.86. The van der Waals surface area contributed by atoms with Crippen LogP contribution in [-0.4, -0.2) is 26.0 Å². The maximum atomic E-state index is 13.7. The number of allylic oxidation sites excluding steroid dienone is 4. The Morgan fingerprint density at radius 3 is 2.71 bits per heavy atom. The summed E-state index contributed by atoms with van der Waals surface area (Å²) in [5.74, 6) is -0.709. The third-order valence-corrected chi connectivity index (χ3v) is 3.39. The Bertz CT molecular complexity index is 841. The van der Waals surface area contributed by atoms with E-state index in [0.717, 1.165) is 23.3 Å². The standard InChI is InChI=1S/C15H14FN5/c1-3-9-6-13(20-21-7-8(2)19-15(9)21)10-4-11(16)14(18)12(17)5-10/h4-7,17-18H,3H2,1-2H3. The van der Waals surface area contributed by atoms with Gasteiger partial charge in [0.2, 0.25) is 0 Å². The molecule has 0 bridgehead atoms. The van der Waals surface area contributed by atoms with Crippen LogP contribution in [0.15, 0.2) is 30.2 Å². The lowest BCUT2D eigenvalue weighted by Gasteiger charge is -2.11. The number of hydrogen-bond donors (Lipinski definition) is 2. The summed E-state index contributed by atoms with van der Waals surface area (Å²) in [5.41, 5.74) is 3.20. The van der Waals surface area contributed by atoms with Gasteiger partial charge in [-0.15, -0.1) is 0 Å². The molecule has 2 aromatic heterocycles. The van der Waals surface area contributed by atoms with E-state index < -0.39 is 11.5 Å². The lowest BCUT2D eigenvalue weighted by Crippen LogP contribution is -2.14. The molecule has 6 heteroatoms. The first-order valence-corrected chi connectivity index (χ1v) is 6.62. The van der Waals surface area contributed by atoms with Gasteiger partial charge in [0.05, 0.1) is 23.3 Å². The monoisotopic (exact) mass is 283 g/mol. The predicted molar refractivity (Wildman–Crippen MR) is 79.7 cm³/mol. The van der Waals surface area contributed by atoms with Crippen molar-refractivity contribution in [2.75, 3.05) is 0 Å². The van der Waals surface area contributed by atoms with Gasteiger partial charge in [-0.2, -0.15) is 5.10 Å². The summed E-state index contributed by atoms with van der Waals surface area (Å²) < 4.78 is 15.4. The minimum absolute atomic E-state index is 0.147. The van der Waals surface area contributed by atoms with Crippen molar-refractivity contribution in [1.29, 1.82) is 10.8 Å². The van der Waals surface area contributed by atoms with Crippen molar-refractivity contribution in [2.45, 2.75) is 20.3 Å². The van der Waals surface area contributed by atoms with Crippen LogP contribution in [-0.2, 0) is 6.42 Å². The average molecular weight is 283 g/mol. The molecular weight excluding hydrogens is 269 g/mol. The molecule has 1 aliphatic rings. The molecule has 2 aromatic rings. The van der Waals surface area contributed by atoms with E-state index >= 15 is 0 Å². The summed E-state index contributed by atoms with van der Waals surface area (Å²) in [7, 11) is 0. The fraction of sp³-hybridized carbons (Fsp3) is 0.200. The molecule has 0 saturated heterocycles. The molecule has 0 radical (unpaired) electrons. The molecule has 0 atom stereocenters. The molecule has 0 saturated carbocycles. The van der Waals surface area contributed by atoms with Crippen LogP contribution < -0.4 is 0 Å². The van der Waals surface area contributed by atoms with Gasteiger partial charge in [0, 0.05) is 5.57 Å². The van der Waals surface area contributed by atoms with Crippen LogP contribution in [0, 0.1) is 17.7 Å². The first-order valence-electron chi connectivity index (χ1n) is 6.62. The van der Waals surface area contributed by atoms with E-state index in [4.69, 9.17) is 10.8 Å². The molecule has 0 aliphatic heterocycles. The second kappa shape index (κ2) is 4.73. The molecule has 5 nitrogen and oxygen atoms in total. The highest BCUT2D eigenvalue weighted by molar-refractivity contribution is 6.51. The van der Waals surface area contributed by atoms with Crippen LogP contribution in [0.3, 0.4) is 0 Å². The summed E-state index contributed by atoms with van der Waals surface area (Å²) in [4.78, 5) is 4.43. The van der Waals surface area contributed by atoms with Crippen molar-refractivity contribution in [3.8, 4) is 0 Å². The van der Waals surface area contributed by atoms with Gasteiger partial charge in [-0.3, -0.25) is 10.8 Å². The van der Waals surface area contributed by atoms with E-state index in [0.29, 0.717) is 11.3 Å². The van der Waals surface area contributed by atoms with Crippen molar-refractivity contribution in [3.05, 3.63) is 47.2 Å². The molecule has 0 spiro atoms. The van der Waals surface area contributed by atoms with Crippen molar-refractivity contribution >= 4 is 22.6 Å². The summed E-state index contributed by atoms with van der Waals surface area (Å²) in [6.45, 7) is 3.91. The Morgan fingerprint density at radius 1 is 1.29 bits per heavy atom. The quantitative estimate of drug-likeness (QED) is 0.831. The smallest absolute Gasteiger partial charge is 0.156 e. The number of nitrogens with zero attached hydrogens (tertiary/aromatic N) is 3. The third kappa shape index (κ3) is 2.18. The Hall–Kier alpha value is -2.63. The minimum atomic E-state index is -0.709. The van der Waals surface area contributed by atoms with Gasteiger partial charge in [0.15, 0.2) is 11.5 Å². The first-order chi connectivity index (χ1) is 9.99. The van der Waals surface area contributed by atoms with Gasteiger partial charge < -0.3 is 0 Å². The van der Waals surface area contributed by atoms with E-state index in [1.165, 1.54) is 12.2 Å². The molecule has 3 rings (SSSR count). The SMILES string of the molecule is CCc1cc(C2=CC(=N)C(=N)C(F)=C2)nn2cc(C)nc12. The average Bonchev–Trinajstić information content (AvgIpc) is 2.83. The fourth-order valence-corrected chi connectivity index (χ4v) is 2.31. The number of imidazole rings is 1. The van der Waals surface area contributed by atoms with Crippen LogP contribution in [0.25, 0.3) is 11.2 Å². The van der Waals surface area contributed by atoms with Crippen LogP contribution in [0.4, 0.5) is 4.39 Å². The van der Waals surface area contributed by atoms with Gasteiger partial charge in [0.1, 0.15) is 5.71 Å². The lowest BCUT2D eigenvalue weighted by molar-refractivity contribution is 0.682. The highest BCUT2D eigenvalue weighted by atomic mass is 19.1. The van der Waals surface area contributed by atoms with Gasteiger partial charge in [-0.25, -0.2) is 13.9 Å². The van der Waals surface area contributed by atoms with Crippen LogP contribution in [0.1, 0.15) is 23.9 Å².